The minimum atomic E-state index is 0.176. The summed E-state index contributed by atoms with van der Waals surface area (Å²) in [6.07, 6.45) is 7.84. The van der Waals surface area contributed by atoms with Crippen molar-refractivity contribution >= 4 is 55.4 Å². The molecule has 4 nitrogen and oxygen atoms in total. The highest BCUT2D eigenvalue weighted by molar-refractivity contribution is 9.11. The van der Waals surface area contributed by atoms with Crippen molar-refractivity contribution in [2.45, 2.75) is 38.1 Å². The summed E-state index contributed by atoms with van der Waals surface area (Å²) in [5, 5.41) is 17.6. The lowest BCUT2D eigenvalue weighted by molar-refractivity contribution is 0.412. The standard InChI is InChI=1S/C14H17Br2N3OS/c15-11-6-9(7-12(16)13(11)20)8-17-19-14(21)18-10-4-2-1-3-5-10/h6-8,10,20H,1-5H2,(H2,18,19,21)/b17-8+. The van der Waals surface area contributed by atoms with Gasteiger partial charge < -0.3 is 10.4 Å². The first kappa shape index (κ1) is 16.7. The van der Waals surface area contributed by atoms with Crippen LogP contribution in [0.5, 0.6) is 5.75 Å². The summed E-state index contributed by atoms with van der Waals surface area (Å²) < 4.78 is 1.22. The molecular weight excluding hydrogens is 418 g/mol. The maximum Gasteiger partial charge on any atom is 0.187 e. The number of hydrogen-bond acceptors (Lipinski definition) is 3. The molecule has 7 heteroatoms. The van der Waals surface area contributed by atoms with Crippen LogP contribution in [-0.2, 0) is 0 Å². The van der Waals surface area contributed by atoms with Gasteiger partial charge in [0, 0.05) is 6.04 Å². The smallest absolute Gasteiger partial charge is 0.187 e. The quantitative estimate of drug-likeness (QED) is 0.381. The van der Waals surface area contributed by atoms with Crippen molar-refractivity contribution < 1.29 is 5.11 Å². The molecule has 0 heterocycles. The van der Waals surface area contributed by atoms with Crippen LogP contribution in [0.3, 0.4) is 0 Å². The third-order valence-electron chi connectivity index (χ3n) is 3.36. The fraction of sp³-hybridized carbons (Fsp3) is 0.429. The Morgan fingerprint density at radius 1 is 1.24 bits per heavy atom. The van der Waals surface area contributed by atoms with E-state index in [1.165, 1.54) is 32.1 Å². The number of phenolic OH excluding ortho intramolecular Hbond substituents is 1. The molecule has 2 rings (SSSR count). The molecule has 0 unspecified atom stereocenters. The van der Waals surface area contributed by atoms with E-state index in [4.69, 9.17) is 12.2 Å². The van der Waals surface area contributed by atoms with Crippen molar-refractivity contribution in [1.29, 1.82) is 0 Å². The van der Waals surface area contributed by atoms with Crippen LogP contribution >= 0.6 is 44.1 Å². The summed E-state index contributed by atoms with van der Waals surface area (Å²) >= 11 is 11.8. The first-order chi connectivity index (χ1) is 10.1. The van der Waals surface area contributed by atoms with E-state index >= 15 is 0 Å². The topological polar surface area (TPSA) is 56.7 Å². The minimum Gasteiger partial charge on any atom is -0.506 e. The van der Waals surface area contributed by atoms with Crippen molar-refractivity contribution in [2.75, 3.05) is 0 Å². The summed E-state index contributed by atoms with van der Waals surface area (Å²) in [4.78, 5) is 0. The van der Waals surface area contributed by atoms with Gasteiger partial charge in [0.15, 0.2) is 5.11 Å². The van der Waals surface area contributed by atoms with Crippen molar-refractivity contribution in [3.8, 4) is 5.75 Å². The maximum atomic E-state index is 9.64. The van der Waals surface area contributed by atoms with Crippen LogP contribution in [0.4, 0.5) is 0 Å². The molecule has 3 N–H and O–H groups in total. The normalized spacial score (nSPS) is 16.1. The molecule has 0 aliphatic heterocycles. The van der Waals surface area contributed by atoms with Crippen LogP contribution in [0.2, 0.25) is 0 Å². The van der Waals surface area contributed by atoms with Gasteiger partial charge >= 0.3 is 0 Å². The average Bonchev–Trinajstić information content (AvgIpc) is 2.45. The second-order valence-corrected chi connectivity index (χ2v) is 7.13. The Bertz CT molecular complexity index is 522. The summed E-state index contributed by atoms with van der Waals surface area (Å²) in [7, 11) is 0. The third-order valence-corrected chi connectivity index (χ3v) is 4.78. The summed E-state index contributed by atoms with van der Waals surface area (Å²) in [6.45, 7) is 0. The number of halogens is 2. The summed E-state index contributed by atoms with van der Waals surface area (Å²) in [5.74, 6) is 0.176. The first-order valence-corrected chi connectivity index (χ1v) is 8.83. The first-order valence-electron chi connectivity index (χ1n) is 6.84. The maximum absolute atomic E-state index is 9.64. The van der Waals surface area contributed by atoms with Gasteiger partial charge in [0.25, 0.3) is 0 Å². The predicted octanol–water partition coefficient (Wildman–Crippen LogP) is 4.05. The second-order valence-electron chi connectivity index (χ2n) is 5.01. The number of phenols is 1. The highest BCUT2D eigenvalue weighted by Gasteiger charge is 2.13. The number of nitrogens with one attached hydrogen (secondary N) is 2. The average molecular weight is 435 g/mol. The van der Waals surface area contributed by atoms with Gasteiger partial charge in [-0.25, -0.2) is 0 Å². The number of aromatic hydroxyl groups is 1. The zero-order chi connectivity index (χ0) is 15.2. The lowest BCUT2D eigenvalue weighted by Crippen LogP contribution is -2.40. The lowest BCUT2D eigenvalue weighted by atomic mass is 9.96. The highest BCUT2D eigenvalue weighted by atomic mass is 79.9. The molecule has 0 atom stereocenters. The Morgan fingerprint density at radius 3 is 2.48 bits per heavy atom. The predicted molar refractivity (Wildman–Crippen MR) is 96.8 cm³/mol. The number of benzene rings is 1. The monoisotopic (exact) mass is 433 g/mol. The fourth-order valence-electron chi connectivity index (χ4n) is 2.29. The molecule has 1 aliphatic carbocycles. The van der Waals surface area contributed by atoms with Crippen LogP contribution in [0.15, 0.2) is 26.2 Å². The fourth-order valence-corrected chi connectivity index (χ4v) is 3.73. The van der Waals surface area contributed by atoms with E-state index in [9.17, 15) is 5.11 Å². The molecular formula is C14H17Br2N3OS. The molecule has 1 aromatic rings. The number of nitrogens with zero attached hydrogens (tertiary/aromatic N) is 1. The Labute approximate surface area is 146 Å². The van der Waals surface area contributed by atoms with E-state index in [0.29, 0.717) is 20.1 Å². The number of rotatable bonds is 3. The molecule has 1 fully saturated rings. The Kier molecular flexibility index (Phi) is 6.44. The van der Waals surface area contributed by atoms with Crippen molar-refractivity contribution in [3.63, 3.8) is 0 Å². The zero-order valence-corrected chi connectivity index (χ0v) is 15.4. The van der Waals surface area contributed by atoms with E-state index < -0.39 is 0 Å². The molecule has 0 aromatic heterocycles. The molecule has 1 aliphatic rings. The van der Waals surface area contributed by atoms with Gasteiger partial charge in [-0.05, 0) is 74.6 Å². The Morgan fingerprint density at radius 2 is 1.86 bits per heavy atom. The van der Waals surface area contributed by atoms with Crippen LogP contribution in [-0.4, -0.2) is 22.5 Å². The summed E-state index contributed by atoms with van der Waals surface area (Å²) in [5.41, 5.74) is 3.68. The molecule has 0 bridgehead atoms. The van der Waals surface area contributed by atoms with E-state index in [0.717, 1.165) is 5.56 Å². The van der Waals surface area contributed by atoms with E-state index in [-0.39, 0.29) is 5.75 Å². The molecule has 0 amide bonds. The highest BCUT2D eigenvalue weighted by Crippen LogP contribution is 2.32. The van der Waals surface area contributed by atoms with Crippen LogP contribution in [0.1, 0.15) is 37.7 Å². The van der Waals surface area contributed by atoms with Gasteiger partial charge in [-0.2, -0.15) is 5.10 Å². The summed E-state index contributed by atoms with van der Waals surface area (Å²) in [6, 6.07) is 4.03. The van der Waals surface area contributed by atoms with Gasteiger partial charge in [0.05, 0.1) is 15.2 Å². The van der Waals surface area contributed by atoms with Crippen LogP contribution in [0.25, 0.3) is 0 Å². The molecule has 21 heavy (non-hydrogen) atoms. The van der Waals surface area contributed by atoms with Gasteiger partial charge in [0.2, 0.25) is 0 Å². The molecule has 1 aromatic carbocycles. The largest absolute Gasteiger partial charge is 0.506 e. The Balaban J connectivity index is 1.85. The lowest BCUT2D eigenvalue weighted by Gasteiger charge is -2.23. The van der Waals surface area contributed by atoms with Crippen molar-refractivity contribution in [2.24, 2.45) is 5.10 Å². The molecule has 0 spiro atoms. The van der Waals surface area contributed by atoms with Gasteiger partial charge in [-0.1, -0.05) is 19.3 Å². The number of hydrazone groups is 1. The molecule has 114 valence electrons. The van der Waals surface area contributed by atoms with E-state index in [1.807, 2.05) is 0 Å². The molecule has 0 radical (unpaired) electrons. The van der Waals surface area contributed by atoms with Gasteiger partial charge in [0.1, 0.15) is 5.75 Å². The number of thiocarbonyl (C=S) groups is 1. The number of hydrogen-bond donors (Lipinski definition) is 3. The van der Waals surface area contributed by atoms with E-state index in [2.05, 4.69) is 47.7 Å². The van der Waals surface area contributed by atoms with E-state index in [1.54, 1.807) is 18.3 Å². The third kappa shape index (κ3) is 5.23. The van der Waals surface area contributed by atoms with Crippen LogP contribution in [0, 0.1) is 0 Å². The van der Waals surface area contributed by atoms with Gasteiger partial charge in [-0.3, -0.25) is 5.43 Å². The SMILES string of the molecule is Oc1c(Br)cc(/C=N/NC(=S)NC2CCCCC2)cc1Br. The van der Waals surface area contributed by atoms with Gasteiger partial charge in [-0.15, -0.1) is 0 Å². The second kappa shape index (κ2) is 8.10. The Hall–Kier alpha value is -0.660. The van der Waals surface area contributed by atoms with Crippen LogP contribution < -0.4 is 10.7 Å². The minimum absolute atomic E-state index is 0.176. The zero-order valence-electron chi connectivity index (χ0n) is 11.4. The molecule has 0 saturated heterocycles. The van der Waals surface area contributed by atoms with Crippen molar-refractivity contribution in [3.05, 3.63) is 26.6 Å². The molecule has 1 saturated carbocycles. The van der Waals surface area contributed by atoms with Crippen molar-refractivity contribution in [1.82, 2.24) is 10.7 Å².